The summed E-state index contributed by atoms with van der Waals surface area (Å²) in [4.78, 5) is 2.46. The highest BCUT2D eigenvalue weighted by Gasteiger charge is 2.22. The topological polar surface area (TPSA) is 8.17 Å². The van der Waals surface area contributed by atoms with Crippen LogP contribution < -0.4 is 4.90 Å². The fourth-order valence-electron chi connectivity index (χ4n) is 8.92. The van der Waals surface area contributed by atoms with Gasteiger partial charge in [-0.3, -0.25) is 0 Å². The number of hydrogen-bond acceptors (Lipinski definition) is 1. The molecule has 10 aromatic carbocycles. The van der Waals surface area contributed by atoms with Crippen LogP contribution in [0.3, 0.4) is 0 Å². The van der Waals surface area contributed by atoms with E-state index in [1.807, 2.05) is 0 Å². The van der Waals surface area contributed by atoms with Crippen molar-refractivity contribution in [1.82, 2.24) is 4.57 Å². The lowest BCUT2D eigenvalue weighted by Gasteiger charge is -2.28. The van der Waals surface area contributed by atoms with Crippen LogP contribution >= 0.6 is 0 Å². The molecule has 0 saturated carbocycles. The second-order valence-corrected chi connectivity index (χ2v) is 14.5. The molecule has 0 aliphatic rings. The molecule has 0 saturated heterocycles. The van der Waals surface area contributed by atoms with Gasteiger partial charge in [-0.15, -0.1) is 0 Å². The average Bonchev–Trinajstić information content (AvgIpc) is 3.60. The van der Waals surface area contributed by atoms with Crippen molar-refractivity contribution in [1.29, 1.82) is 0 Å². The average molecular weight is 713 g/mol. The van der Waals surface area contributed by atoms with Crippen LogP contribution in [0, 0.1) is 0 Å². The number of anilines is 3. The predicted octanol–water partition coefficient (Wildman–Crippen LogP) is 15.0. The Morgan fingerprint density at radius 3 is 1.48 bits per heavy atom. The Balaban J connectivity index is 1.23. The van der Waals surface area contributed by atoms with Gasteiger partial charge in [0.15, 0.2) is 0 Å². The lowest BCUT2D eigenvalue weighted by atomic mass is 9.85. The summed E-state index contributed by atoms with van der Waals surface area (Å²) in [6.45, 7) is 0. The van der Waals surface area contributed by atoms with Gasteiger partial charge >= 0.3 is 0 Å². The zero-order valence-electron chi connectivity index (χ0n) is 30.7. The van der Waals surface area contributed by atoms with Crippen LogP contribution in [0.2, 0.25) is 0 Å². The molecule has 0 aliphatic heterocycles. The summed E-state index contributed by atoms with van der Waals surface area (Å²) < 4.78 is 2.38. The maximum atomic E-state index is 2.46. The molecule has 0 unspecified atom stereocenters. The Morgan fingerprint density at radius 1 is 0.304 bits per heavy atom. The molecule has 0 fully saturated rings. The highest BCUT2D eigenvalue weighted by molar-refractivity contribution is 6.22. The third-order valence-corrected chi connectivity index (χ3v) is 11.3. The first-order valence-electron chi connectivity index (χ1n) is 19.3. The summed E-state index contributed by atoms with van der Waals surface area (Å²) in [6.07, 6.45) is 0. The zero-order chi connectivity index (χ0) is 37.0. The molecule has 56 heavy (non-hydrogen) atoms. The second-order valence-electron chi connectivity index (χ2n) is 14.5. The van der Waals surface area contributed by atoms with E-state index in [9.17, 15) is 0 Å². The molecule has 262 valence electrons. The fraction of sp³-hybridized carbons (Fsp3) is 0. The molecule has 0 atom stereocenters. The van der Waals surface area contributed by atoms with Gasteiger partial charge in [-0.1, -0.05) is 164 Å². The van der Waals surface area contributed by atoms with E-state index in [1.54, 1.807) is 0 Å². The van der Waals surface area contributed by atoms with E-state index in [1.165, 1.54) is 76.4 Å². The summed E-state index contributed by atoms with van der Waals surface area (Å²) in [5.41, 5.74) is 11.8. The number of aromatic nitrogens is 1. The van der Waals surface area contributed by atoms with Crippen molar-refractivity contribution < 1.29 is 0 Å². The Bertz CT molecular complexity index is 3230. The minimum Gasteiger partial charge on any atom is -0.310 e. The van der Waals surface area contributed by atoms with E-state index in [2.05, 4.69) is 228 Å². The van der Waals surface area contributed by atoms with Gasteiger partial charge in [0.05, 0.1) is 16.7 Å². The third kappa shape index (κ3) is 5.11. The maximum Gasteiger partial charge on any atom is 0.0542 e. The van der Waals surface area contributed by atoms with Crippen LogP contribution in [0.15, 0.2) is 218 Å². The molecule has 0 amide bonds. The zero-order valence-corrected chi connectivity index (χ0v) is 30.7. The van der Waals surface area contributed by atoms with Crippen molar-refractivity contribution in [2.75, 3.05) is 4.90 Å². The molecule has 0 bridgehead atoms. The Kier molecular flexibility index (Phi) is 7.53. The van der Waals surface area contributed by atoms with Gasteiger partial charge in [-0.25, -0.2) is 0 Å². The van der Waals surface area contributed by atoms with Crippen molar-refractivity contribution in [3.05, 3.63) is 218 Å². The maximum absolute atomic E-state index is 2.46. The first-order valence-corrected chi connectivity index (χ1v) is 19.3. The van der Waals surface area contributed by atoms with Crippen molar-refractivity contribution in [3.8, 4) is 27.9 Å². The molecular weight excluding hydrogens is 677 g/mol. The number of rotatable bonds is 6. The molecule has 1 heterocycles. The van der Waals surface area contributed by atoms with E-state index >= 15 is 0 Å². The number of nitrogens with zero attached hydrogens (tertiary/aromatic N) is 2. The summed E-state index contributed by atoms with van der Waals surface area (Å²) in [7, 11) is 0. The summed E-state index contributed by atoms with van der Waals surface area (Å²) in [5.74, 6) is 0. The van der Waals surface area contributed by atoms with Crippen molar-refractivity contribution in [2.45, 2.75) is 0 Å². The third-order valence-electron chi connectivity index (χ3n) is 11.3. The highest BCUT2D eigenvalue weighted by atomic mass is 15.1. The standard InChI is InChI=1S/C54H36N2/c1-4-18-38(19-5-1)53-45-27-12-13-28-46(45)54(39-20-6-2-7-21-39)49-36-41(31-33-47(49)53)55(50-30-16-22-37-17-10-11-25-43(37)50)42-32-34-52-48(35-42)44-26-14-15-29-51(44)56(52)40-23-8-3-9-24-40/h1-36H. The predicted molar refractivity (Wildman–Crippen MR) is 239 cm³/mol. The number of benzene rings is 10. The monoisotopic (exact) mass is 712 g/mol. The van der Waals surface area contributed by atoms with Gasteiger partial charge in [0.1, 0.15) is 0 Å². The normalized spacial score (nSPS) is 11.6. The molecule has 0 N–H and O–H groups in total. The Labute approximate surface area is 325 Å². The smallest absolute Gasteiger partial charge is 0.0542 e. The molecule has 0 spiro atoms. The van der Waals surface area contributed by atoms with Crippen LogP contribution in [0.1, 0.15) is 0 Å². The molecule has 2 nitrogen and oxygen atoms in total. The van der Waals surface area contributed by atoms with Crippen LogP contribution in [-0.2, 0) is 0 Å². The van der Waals surface area contributed by atoms with E-state index in [0.29, 0.717) is 0 Å². The molecule has 0 aliphatic carbocycles. The van der Waals surface area contributed by atoms with E-state index in [-0.39, 0.29) is 0 Å². The lowest BCUT2D eigenvalue weighted by molar-refractivity contribution is 1.18. The van der Waals surface area contributed by atoms with Gasteiger partial charge < -0.3 is 9.47 Å². The van der Waals surface area contributed by atoms with Gasteiger partial charge in [-0.05, 0) is 104 Å². The van der Waals surface area contributed by atoms with E-state index in [0.717, 1.165) is 22.7 Å². The molecule has 11 aromatic rings. The van der Waals surface area contributed by atoms with Crippen molar-refractivity contribution in [2.24, 2.45) is 0 Å². The molecule has 2 heteroatoms. The van der Waals surface area contributed by atoms with Gasteiger partial charge in [0.2, 0.25) is 0 Å². The van der Waals surface area contributed by atoms with Gasteiger partial charge in [-0.2, -0.15) is 0 Å². The minimum absolute atomic E-state index is 1.10. The number of hydrogen-bond donors (Lipinski definition) is 0. The SMILES string of the molecule is c1ccc(-c2c3ccccc3c(-c3ccccc3)c3cc(N(c4ccc5c(c4)c4ccccc4n5-c4ccccc4)c4cccc5ccccc45)ccc23)cc1. The molecule has 0 radical (unpaired) electrons. The van der Waals surface area contributed by atoms with Crippen molar-refractivity contribution in [3.63, 3.8) is 0 Å². The first kappa shape index (κ1) is 32.0. The van der Waals surface area contributed by atoms with Gasteiger partial charge in [0, 0.05) is 33.2 Å². The lowest BCUT2D eigenvalue weighted by Crippen LogP contribution is -2.10. The minimum atomic E-state index is 1.10. The highest BCUT2D eigenvalue weighted by Crippen LogP contribution is 2.47. The summed E-state index contributed by atoms with van der Waals surface area (Å²) >= 11 is 0. The van der Waals surface area contributed by atoms with Crippen molar-refractivity contribution >= 4 is 71.2 Å². The quantitative estimate of drug-likeness (QED) is 0.156. The number of fused-ring (bicyclic) bond motifs is 6. The fourth-order valence-corrected chi connectivity index (χ4v) is 8.92. The van der Waals surface area contributed by atoms with Crippen LogP contribution in [-0.4, -0.2) is 4.57 Å². The Morgan fingerprint density at radius 2 is 0.786 bits per heavy atom. The molecule has 11 rings (SSSR count). The molecule has 1 aromatic heterocycles. The second kappa shape index (κ2) is 13.2. The summed E-state index contributed by atoms with van der Waals surface area (Å²) in [5, 5.41) is 9.81. The summed E-state index contributed by atoms with van der Waals surface area (Å²) in [6, 6.07) is 79.5. The van der Waals surface area contributed by atoms with Crippen LogP contribution in [0.25, 0.3) is 82.1 Å². The Hall–Kier alpha value is -7.42. The largest absolute Gasteiger partial charge is 0.310 e. The van der Waals surface area contributed by atoms with Crippen LogP contribution in [0.4, 0.5) is 17.1 Å². The number of para-hydroxylation sites is 2. The van der Waals surface area contributed by atoms with Gasteiger partial charge in [0.25, 0.3) is 0 Å². The van der Waals surface area contributed by atoms with E-state index < -0.39 is 0 Å². The first-order chi connectivity index (χ1) is 27.8. The van der Waals surface area contributed by atoms with Crippen LogP contribution in [0.5, 0.6) is 0 Å². The van der Waals surface area contributed by atoms with E-state index in [4.69, 9.17) is 0 Å². The molecular formula is C54H36N2.